The first-order chi connectivity index (χ1) is 8.03. The molecule has 0 aromatic heterocycles. The topological polar surface area (TPSA) is 41.1 Å². The van der Waals surface area contributed by atoms with E-state index in [1.165, 1.54) is 0 Å². The van der Waals surface area contributed by atoms with E-state index in [2.05, 4.69) is 30.7 Å². The van der Waals surface area contributed by atoms with Crippen molar-refractivity contribution in [3.05, 3.63) is 30.3 Å². The molecule has 0 saturated carbocycles. The molecule has 1 rings (SSSR count). The highest BCUT2D eigenvalue weighted by Crippen LogP contribution is 2.19. The molecule has 94 valence electrons. The Bertz CT molecular complexity index is 352. The monoisotopic (exact) mass is 252 g/mol. The SMILES string of the molecule is CSC(C)(C)CNCC(=O)Nc1ccccc1. The molecule has 0 heterocycles. The number of rotatable bonds is 6. The normalized spacial score (nSPS) is 11.2. The standard InChI is InChI=1S/C13H20N2OS/c1-13(2,17-3)10-14-9-12(16)15-11-7-5-4-6-8-11/h4-8,14H,9-10H2,1-3H3,(H,15,16). The molecule has 0 aliphatic heterocycles. The zero-order chi connectivity index (χ0) is 12.7. The molecule has 0 aliphatic rings. The third-order valence-corrected chi connectivity index (χ3v) is 3.70. The lowest BCUT2D eigenvalue weighted by Gasteiger charge is -2.22. The summed E-state index contributed by atoms with van der Waals surface area (Å²) in [7, 11) is 0. The van der Waals surface area contributed by atoms with E-state index in [4.69, 9.17) is 0 Å². The molecule has 0 saturated heterocycles. The summed E-state index contributed by atoms with van der Waals surface area (Å²) in [6.07, 6.45) is 2.08. The molecule has 2 N–H and O–H groups in total. The first kappa shape index (κ1) is 14.1. The van der Waals surface area contributed by atoms with E-state index in [0.717, 1.165) is 12.2 Å². The van der Waals surface area contributed by atoms with Crippen molar-refractivity contribution in [2.24, 2.45) is 0 Å². The Morgan fingerprint density at radius 2 is 1.94 bits per heavy atom. The van der Waals surface area contributed by atoms with Gasteiger partial charge in [-0.15, -0.1) is 0 Å². The van der Waals surface area contributed by atoms with Crippen LogP contribution in [0.1, 0.15) is 13.8 Å². The Hall–Kier alpha value is -1.00. The van der Waals surface area contributed by atoms with Crippen molar-refractivity contribution >= 4 is 23.4 Å². The number of benzene rings is 1. The number of anilines is 1. The average molecular weight is 252 g/mol. The quantitative estimate of drug-likeness (QED) is 0.816. The highest BCUT2D eigenvalue weighted by atomic mass is 32.2. The van der Waals surface area contributed by atoms with Crippen molar-refractivity contribution in [1.82, 2.24) is 5.32 Å². The van der Waals surface area contributed by atoms with Crippen molar-refractivity contribution in [1.29, 1.82) is 0 Å². The van der Waals surface area contributed by atoms with Gasteiger partial charge in [-0.1, -0.05) is 18.2 Å². The predicted octanol–water partition coefficient (Wildman–Crippen LogP) is 2.36. The molecule has 0 atom stereocenters. The Morgan fingerprint density at radius 1 is 1.29 bits per heavy atom. The third-order valence-electron chi connectivity index (χ3n) is 2.45. The predicted molar refractivity (Wildman–Crippen MR) is 75.5 cm³/mol. The second-order valence-corrected chi connectivity index (χ2v) is 5.99. The van der Waals surface area contributed by atoms with Gasteiger partial charge >= 0.3 is 0 Å². The Labute approximate surface area is 107 Å². The van der Waals surface area contributed by atoms with Crippen molar-refractivity contribution in [2.75, 3.05) is 24.7 Å². The van der Waals surface area contributed by atoms with Crippen molar-refractivity contribution in [3.63, 3.8) is 0 Å². The lowest BCUT2D eigenvalue weighted by molar-refractivity contribution is -0.115. The summed E-state index contributed by atoms with van der Waals surface area (Å²) in [6, 6.07) is 9.49. The fourth-order valence-corrected chi connectivity index (χ4v) is 1.52. The van der Waals surface area contributed by atoms with Gasteiger partial charge in [0.25, 0.3) is 0 Å². The molecular formula is C13H20N2OS. The van der Waals surface area contributed by atoms with Crippen LogP contribution in [0.15, 0.2) is 30.3 Å². The molecule has 1 amide bonds. The maximum Gasteiger partial charge on any atom is 0.238 e. The van der Waals surface area contributed by atoms with Crippen molar-refractivity contribution < 1.29 is 4.79 Å². The molecule has 0 spiro atoms. The van der Waals surface area contributed by atoms with Crippen LogP contribution in [0, 0.1) is 0 Å². The highest BCUT2D eigenvalue weighted by Gasteiger charge is 2.15. The molecule has 1 aromatic rings. The summed E-state index contributed by atoms with van der Waals surface area (Å²) in [5.74, 6) is -0.00639. The molecule has 0 radical (unpaired) electrons. The number of carbonyl (C=O) groups excluding carboxylic acids is 1. The number of hydrogen-bond acceptors (Lipinski definition) is 3. The fourth-order valence-electron chi connectivity index (χ4n) is 1.28. The Kier molecular flexibility index (Phi) is 5.51. The lowest BCUT2D eigenvalue weighted by Crippen LogP contribution is -2.37. The summed E-state index contributed by atoms with van der Waals surface area (Å²) in [6.45, 7) is 5.47. The minimum Gasteiger partial charge on any atom is -0.325 e. The van der Waals surface area contributed by atoms with E-state index in [9.17, 15) is 4.79 Å². The average Bonchev–Trinajstić information content (AvgIpc) is 2.30. The van der Waals surface area contributed by atoms with E-state index in [0.29, 0.717) is 6.54 Å². The van der Waals surface area contributed by atoms with Gasteiger partial charge in [0.2, 0.25) is 5.91 Å². The van der Waals surface area contributed by atoms with Gasteiger partial charge in [-0.2, -0.15) is 11.8 Å². The van der Waals surface area contributed by atoms with Gasteiger partial charge in [-0.25, -0.2) is 0 Å². The second kappa shape index (κ2) is 6.67. The summed E-state index contributed by atoms with van der Waals surface area (Å²) in [5, 5.41) is 6.00. The molecule has 0 bridgehead atoms. The number of nitrogens with one attached hydrogen (secondary N) is 2. The zero-order valence-corrected chi connectivity index (χ0v) is 11.4. The first-order valence-corrected chi connectivity index (χ1v) is 6.87. The van der Waals surface area contributed by atoms with Gasteiger partial charge in [0.15, 0.2) is 0 Å². The van der Waals surface area contributed by atoms with E-state index < -0.39 is 0 Å². The van der Waals surface area contributed by atoms with Crippen LogP contribution in [0.4, 0.5) is 5.69 Å². The van der Waals surface area contributed by atoms with Crippen LogP contribution in [-0.2, 0) is 4.79 Å². The van der Waals surface area contributed by atoms with Crippen LogP contribution in [0.5, 0.6) is 0 Å². The minimum absolute atomic E-state index is 0.00639. The Balaban J connectivity index is 2.27. The molecule has 3 nitrogen and oxygen atoms in total. The number of hydrogen-bond donors (Lipinski definition) is 2. The van der Waals surface area contributed by atoms with E-state index in [1.807, 2.05) is 30.3 Å². The van der Waals surface area contributed by atoms with Crippen molar-refractivity contribution in [3.8, 4) is 0 Å². The maximum atomic E-state index is 11.6. The molecule has 4 heteroatoms. The van der Waals surface area contributed by atoms with Gasteiger partial charge in [0, 0.05) is 17.0 Å². The second-order valence-electron chi connectivity index (χ2n) is 4.48. The van der Waals surface area contributed by atoms with Crippen LogP contribution in [0.3, 0.4) is 0 Å². The molecule has 0 aliphatic carbocycles. The number of para-hydroxylation sites is 1. The maximum absolute atomic E-state index is 11.6. The van der Waals surface area contributed by atoms with Gasteiger partial charge in [0.05, 0.1) is 6.54 Å². The van der Waals surface area contributed by atoms with E-state index in [-0.39, 0.29) is 10.7 Å². The smallest absolute Gasteiger partial charge is 0.238 e. The molecule has 0 fully saturated rings. The minimum atomic E-state index is -0.00639. The van der Waals surface area contributed by atoms with Crippen LogP contribution in [0.2, 0.25) is 0 Å². The highest BCUT2D eigenvalue weighted by molar-refractivity contribution is 7.99. The number of carbonyl (C=O) groups is 1. The molecule has 17 heavy (non-hydrogen) atoms. The van der Waals surface area contributed by atoms with E-state index in [1.54, 1.807) is 11.8 Å². The largest absolute Gasteiger partial charge is 0.325 e. The lowest BCUT2D eigenvalue weighted by atomic mass is 10.2. The summed E-state index contributed by atoms with van der Waals surface area (Å²) >= 11 is 1.79. The van der Waals surface area contributed by atoms with Gasteiger partial charge in [-0.3, -0.25) is 4.79 Å². The van der Waals surface area contributed by atoms with Crippen LogP contribution < -0.4 is 10.6 Å². The third kappa shape index (κ3) is 5.75. The first-order valence-electron chi connectivity index (χ1n) is 5.64. The summed E-state index contributed by atoms with van der Waals surface area (Å²) in [4.78, 5) is 11.6. The fraction of sp³-hybridized carbons (Fsp3) is 0.462. The van der Waals surface area contributed by atoms with Gasteiger partial charge in [-0.05, 0) is 32.2 Å². The van der Waals surface area contributed by atoms with E-state index >= 15 is 0 Å². The van der Waals surface area contributed by atoms with Crippen LogP contribution in [-0.4, -0.2) is 30.0 Å². The zero-order valence-electron chi connectivity index (χ0n) is 10.6. The van der Waals surface area contributed by atoms with Gasteiger partial charge < -0.3 is 10.6 Å². The molecule has 1 aromatic carbocycles. The van der Waals surface area contributed by atoms with Crippen LogP contribution in [0.25, 0.3) is 0 Å². The summed E-state index contributed by atoms with van der Waals surface area (Å²) < 4.78 is 0.160. The summed E-state index contributed by atoms with van der Waals surface area (Å²) in [5.41, 5.74) is 0.837. The van der Waals surface area contributed by atoms with Gasteiger partial charge in [0.1, 0.15) is 0 Å². The number of thioether (sulfide) groups is 1. The molecular weight excluding hydrogens is 232 g/mol. The number of amides is 1. The van der Waals surface area contributed by atoms with Crippen molar-refractivity contribution in [2.45, 2.75) is 18.6 Å². The molecule has 0 unspecified atom stereocenters. The Morgan fingerprint density at radius 3 is 2.53 bits per heavy atom. The van der Waals surface area contributed by atoms with Crippen LogP contribution >= 0.6 is 11.8 Å².